The zero-order valence-electron chi connectivity index (χ0n) is 14.1. The summed E-state index contributed by atoms with van der Waals surface area (Å²) in [4.78, 5) is 68.1. The van der Waals surface area contributed by atoms with Crippen LogP contribution in [0.1, 0.15) is 51.4 Å². The third kappa shape index (κ3) is 3.75. The minimum absolute atomic E-state index is 0.0380. The molecule has 3 fully saturated rings. The number of hydrogen-bond donors (Lipinski definition) is 1. The number of amides is 4. The monoisotopic (exact) mass is 368 g/mol. The summed E-state index contributed by atoms with van der Waals surface area (Å²) in [5.41, 5.74) is 0. The van der Waals surface area contributed by atoms with Crippen LogP contribution in [0.4, 0.5) is 0 Å². The summed E-state index contributed by atoms with van der Waals surface area (Å²) >= 11 is 0. The largest absolute Gasteiger partial charge is 0.366 e. The molecule has 1 aliphatic carbocycles. The van der Waals surface area contributed by atoms with E-state index < -0.39 is 41.8 Å². The molecule has 0 aromatic carbocycles. The van der Waals surface area contributed by atoms with Gasteiger partial charge in [0.15, 0.2) is 6.29 Å². The van der Waals surface area contributed by atoms with Crippen LogP contribution in [0.2, 0.25) is 0 Å². The van der Waals surface area contributed by atoms with Gasteiger partial charge in [0.25, 0.3) is 23.6 Å². The van der Waals surface area contributed by atoms with Crippen molar-refractivity contribution in [2.45, 2.75) is 57.7 Å². The number of hydroxylamine groups is 4. The molecule has 4 amide bonds. The number of carbonyl (C=O) groups is 5. The number of aliphatic hydroxyl groups excluding tert-OH is 1. The Bertz CT molecular complexity index is 608. The number of nitrogens with zero attached hydrogens (tertiary/aromatic N) is 2. The molecule has 0 radical (unpaired) electrons. The Labute approximate surface area is 148 Å². The lowest BCUT2D eigenvalue weighted by Crippen LogP contribution is -2.40. The lowest BCUT2D eigenvalue weighted by molar-refractivity contribution is -0.261. The normalized spacial score (nSPS) is 28.0. The van der Waals surface area contributed by atoms with E-state index >= 15 is 0 Å². The Morgan fingerprint density at radius 1 is 0.846 bits per heavy atom. The fourth-order valence-corrected chi connectivity index (χ4v) is 3.33. The average Bonchev–Trinajstić information content (AvgIpc) is 3.12. The Morgan fingerprint density at radius 2 is 1.31 bits per heavy atom. The fourth-order valence-electron chi connectivity index (χ4n) is 3.33. The van der Waals surface area contributed by atoms with Crippen molar-refractivity contribution in [1.29, 1.82) is 0 Å². The number of imide groups is 2. The first-order valence-corrected chi connectivity index (χ1v) is 8.65. The van der Waals surface area contributed by atoms with Crippen LogP contribution >= 0.6 is 0 Å². The Balaban J connectivity index is 1.47. The zero-order valence-corrected chi connectivity index (χ0v) is 14.1. The highest BCUT2D eigenvalue weighted by Gasteiger charge is 2.39. The molecule has 3 rings (SSSR count). The second-order valence-electron chi connectivity index (χ2n) is 6.68. The van der Waals surface area contributed by atoms with Crippen LogP contribution in [0, 0.1) is 11.8 Å². The first-order chi connectivity index (χ1) is 12.4. The van der Waals surface area contributed by atoms with E-state index in [2.05, 4.69) is 0 Å². The highest BCUT2D eigenvalue weighted by atomic mass is 16.8. The van der Waals surface area contributed by atoms with Gasteiger partial charge >= 0.3 is 5.97 Å². The van der Waals surface area contributed by atoms with Gasteiger partial charge in [0.2, 0.25) is 0 Å². The van der Waals surface area contributed by atoms with Crippen molar-refractivity contribution >= 4 is 29.6 Å². The summed E-state index contributed by atoms with van der Waals surface area (Å²) < 4.78 is 0. The summed E-state index contributed by atoms with van der Waals surface area (Å²) in [6.45, 7) is 0. The van der Waals surface area contributed by atoms with Crippen LogP contribution in [0.5, 0.6) is 0 Å². The van der Waals surface area contributed by atoms with Crippen LogP contribution in [-0.4, -0.2) is 51.1 Å². The average molecular weight is 368 g/mol. The number of carbonyl (C=O) groups excluding carboxylic acids is 5. The molecular weight excluding hydrogens is 348 g/mol. The van der Waals surface area contributed by atoms with E-state index in [1.54, 1.807) is 0 Å². The standard InChI is InChI=1S/C16H20N2O8/c19-11-5-6-12(20)17(11)25-15(23)9-1-2-10(4-3-9)16(24)26-18-13(21)7-8-14(18)22/h9-10,15,23H,1-8H2. The molecule has 1 N–H and O–H groups in total. The quantitative estimate of drug-likeness (QED) is 0.521. The highest BCUT2D eigenvalue weighted by molar-refractivity contribution is 6.01. The molecule has 142 valence electrons. The van der Waals surface area contributed by atoms with Crippen LogP contribution in [-0.2, 0) is 33.6 Å². The van der Waals surface area contributed by atoms with E-state index in [9.17, 15) is 29.1 Å². The van der Waals surface area contributed by atoms with E-state index in [1.807, 2.05) is 0 Å². The van der Waals surface area contributed by atoms with E-state index in [4.69, 9.17) is 9.68 Å². The van der Waals surface area contributed by atoms with E-state index in [1.165, 1.54) is 0 Å². The molecule has 0 spiro atoms. The fraction of sp³-hybridized carbons (Fsp3) is 0.688. The molecule has 1 unspecified atom stereocenters. The van der Waals surface area contributed by atoms with Gasteiger partial charge in [-0.05, 0) is 25.7 Å². The third-order valence-corrected chi connectivity index (χ3v) is 4.91. The molecular formula is C16H20N2O8. The summed E-state index contributed by atoms with van der Waals surface area (Å²) in [5, 5.41) is 11.2. The second kappa shape index (κ2) is 7.50. The van der Waals surface area contributed by atoms with Crippen LogP contribution in [0.25, 0.3) is 0 Å². The molecule has 10 nitrogen and oxygen atoms in total. The minimum atomic E-state index is -1.32. The van der Waals surface area contributed by atoms with Crippen molar-refractivity contribution in [3.63, 3.8) is 0 Å². The van der Waals surface area contributed by atoms with Crippen molar-refractivity contribution in [2.75, 3.05) is 0 Å². The number of hydrogen-bond acceptors (Lipinski definition) is 8. The Kier molecular flexibility index (Phi) is 5.33. The van der Waals surface area contributed by atoms with Crippen LogP contribution < -0.4 is 0 Å². The molecule has 2 aliphatic heterocycles. The van der Waals surface area contributed by atoms with E-state index in [0.29, 0.717) is 35.8 Å². The Morgan fingerprint density at radius 3 is 1.81 bits per heavy atom. The van der Waals surface area contributed by atoms with Gasteiger partial charge in [-0.2, -0.15) is 5.06 Å². The molecule has 0 aromatic heterocycles. The summed E-state index contributed by atoms with van der Waals surface area (Å²) in [5.74, 6) is -3.49. The Hall–Kier alpha value is -2.33. The number of rotatable bonds is 5. The SMILES string of the molecule is O=C(ON1C(=O)CCC1=O)C1CCC(C(O)ON2C(=O)CCC2=O)CC1. The lowest BCUT2D eigenvalue weighted by atomic mass is 9.82. The van der Waals surface area contributed by atoms with Crippen molar-refractivity contribution < 1.29 is 38.8 Å². The predicted molar refractivity (Wildman–Crippen MR) is 80.8 cm³/mol. The van der Waals surface area contributed by atoms with E-state index in [0.717, 1.165) is 0 Å². The van der Waals surface area contributed by atoms with Gasteiger partial charge in [-0.1, -0.05) is 0 Å². The molecule has 1 atom stereocenters. The first kappa shape index (κ1) is 18.5. The molecule has 3 aliphatic rings. The van der Waals surface area contributed by atoms with E-state index in [-0.39, 0.29) is 31.6 Å². The molecule has 26 heavy (non-hydrogen) atoms. The van der Waals surface area contributed by atoms with Gasteiger partial charge < -0.3 is 9.94 Å². The topological polar surface area (TPSA) is 131 Å². The zero-order chi connectivity index (χ0) is 18.8. The molecule has 0 aromatic rings. The maximum absolute atomic E-state index is 12.1. The van der Waals surface area contributed by atoms with Crippen LogP contribution in [0.15, 0.2) is 0 Å². The molecule has 1 saturated carbocycles. The molecule has 2 heterocycles. The van der Waals surface area contributed by atoms with Crippen molar-refractivity contribution in [3.8, 4) is 0 Å². The summed E-state index contributed by atoms with van der Waals surface area (Å²) in [7, 11) is 0. The maximum Gasteiger partial charge on any atom is 0.336 e. The van der Waals surface area contributed by atoms with Gasteiger partial charge in [0, 0.05) is 31.6 Å². The molecule has 2 saturated heterocycles. The van der Waals surface area contributed by atoms with Crippen LogP contribution in [0.3, 0.4) is 0 Å². The van der Waals surface area contributed by atoms with Gasteiger partial charge in [-0.3, -0.25) is 19.2 Å². The van der Waals surface area contributed by atoms with Crippen molar-refractivity contribution in [2.24, 2.45) is 11.8 Å². The lowest BCUT2D eigenvalue weighted by Gasteiger charge is -2.31. The second-order valence-corrected chi connectivity index (χ2v) is 6.68. The minimum Gasteiger partial charge on any atom is -0.366 e. The van der Waals surface area contributed by atoms with Gasteiger partial charge in [0.05, 0.1) is 5.92 Å². The van der Waals surface area contributed by atoms with Gasteiger partial charge in [0.1, 0.15) is 0 Å². The smallest absolute Gasteiger partial charge is 0.336 e. The maximum atomic E-state index is 12.1. The number of aliphatic hydroxyl groups is 1. The van der Waals surface area contributed by atoms with Gasteiger partial charge in [-0.15, -0.1) is 5.06 Å². The highest BCUT2D eigenvalue weighted by Crippen LogP contribution is 2.33. The molecule has 0 bridgehead atoms. The summed E-state index contributed by atoms with van der Waals surface area (Å²) in [6, 6.07) is 0. The first-order valence-electron chi connectivity index (χ1n) is 8.65. The molecule has 10 heteroatoms. The van der Waals surface area contributed by atoms with Gasteiger partial charge in [-0.25, -0.2) is 9.63 Å². The predicted octanol–water partition coefficient (Wildman–Crippen LogP) is -0.201. The van der Waals surface area contributed by atoms with Crippen molar-refractivity contribution in [3.05, 3.63) is 0 Å². The van der Waals surface area contributed by atoms with Crippen molar-refractivity contribution in [1.82, 2.24) is 10.1 Å². The summed E-state index contributed by atoms with van der Waals surface area (Å²) in [6.07, 6.45) is 0.477. The third-order valence-electron chi connectivity index (χ3n) is 4.91.